The van der Waals surface area contributed by atoms with E-state index in [9.17, 15) is 8.78 Å². The van der Waals surface area contributed by atoms with Crippen molar-refractivity contribution in [2.75, 3.05) is 0 Å². The van der Waals surface area contributed by atoms with Crippen molar-refractivity contribution in [2.24, 2.45) is 0 Å². The number of benzene rings is 1. The molecule has 125 valence electrons. The third kappa shape index (κ3) is 4.67. The van der Waals surface area contributed by atoms with Crippen molar-refractivity contribution in [2.45, 2.75) is 0 Å². The van der Waals surface area contributed by atoms with E-state index in [4.69, 9.17) is 12.5 Å². The molecule has 0 saturated heterocycles. The van der Waals surface area contributed by atoms with Gasteiger partial charge in [-0.3, -0.25) is 13.6 Å². The molecular weight excluding hydrogens is 496 g/mol. The van der Waals surface area contributed by atoms with E-state index in [1.165, 1.54) is 18.6 Å². The fourth-order valence-corrected chi connectivity index (χ4v) is 1.60. The summed E-state index contributed by atoms with van der Waals surface area (Å²) in [5.41, 5.74) is -0.294. The summed E-state index contributed by atoms with van der Waals surface area (Å²) in [5, 5.41) is 3.54. The van der Waals surface area contributed by atoms with Gasteiger partial charge in [-0.15, -0.1) is 27.6 Å². The van der Waals surface area contributed by atoms with Crippen LogP contribution in [0, 0.1) is 24.3 Å². The van der Waals surface area contributed by atoms with Crippen LogP contribution in [-0.4, -0.2) is 14.9 Å². The van der Waals surface area contributed by atoms with E-state index in [0.29, 0.717) is 5.69 Å². The third-order valence-electron chi connectivity index (χ3n) is 2.60. The van der Waals surface area contributed by atoms with Crippen molar-refractivity contribution >= 4 is 5.69 Å². The molecule has 0 spiro atoms. The van der Waals surface area contributed by atoms with Gasteiger partial charge in [-0.25, -0.2) is 0 Å². The Morgan fingerprint density at radius 2 is 2.04 bits per heavy atom. The predicted octanol–water partition coefficient (Wildman–Crippen LogP) is 3.65. The quantitative estimate of drug-likeness (QED) is 0.395. The average molecular weight is 505 g/mol. The van der Waals surface area contributed by atoms with Crippen LogP contribution >= 0.6 is 0 Å². The number of nitrogens with one attached hydrogen (secondary N) is 1. The van der Waals surface area contributed by atoms with Crippen LogP contribution in [0.4, 0.5) is 14.5 Å². The van der Waals surface area contributed by atoms with E-state index >= 15 is 0 Å². The Morgan fingerprint density at radius 3 is 2.54 bits per heavy atom. The van der Waals surface area contributed by atoms with Crippen LogP contribution in [0.15, 0.2) is 48.9 Å². The Labute approximate surface area is 150 Å². The molecule has 2 heterocycles. The minimum Gasteiger partial charge on any atom is -0.490 e. The van der Waals surface area contributed by atoms with Gasteiger partial charge in [0, 0.05) is 37.9 Å². The van der Waals surface area contributed by atoms with Gasteiger partial charge in [0.15, 0.2) is 5.69 Å². The van der Waals surface area contributed by atoms with Crippen LogP contribution < -0.4 is 4.94 Å². The molecule has 0 amide bonds. The maximum absolute atomic E-state index is 13.7. The van der Waals surface area contributed by atoms with Gasteiger partial charge in [-0.05, 0) is 17.8 Å². The van der Waals surface area contributed by atoms with Crippen molar-refractivity contribution in [3.8, 4) is 11.3 Å². The monoisotopic (exact) mass is 506 g/mol. The number of nitrogens with zero attached hydrogens (tertiary/aromatic N) is 4. The molecule has 6 nitrogen and oxygen atoms in total. The summed E-state index contributed by atoms with van der Waals surface area (Å²) in [6.07, 6.45) is 4.56. The molecule has 1 aromatic carbocycles. The molecule has 3 aromatic rings. The summed E-state index contributed by atoms with van der Waals surface area (Å²) in [6, 6.07) is 9.99. The predicted molar refractivity (Wildman–Crippen MR) is 77.8 cm³/mol. The van der Waals surface area contributed by atoms with Crippen molar-refractivity contribution in [3.05, 3.63) is 83.9 Å². The minimum absolute atomic E-state index is 0. The summed E-state index contributed by atoms with van der Waals surface area (Å²) >= 11 is 0. The van der Waals surface area contributed by atoms with Gasteiger partial charge in [0.25, 0.3) is 0 Å². The van der Waals surface area contributed by atoms with Gasteiger partial charge in [0.2, 0.25) is 0 Å². The van der Waals surface area contributed by atoms with E-state index in [-0.39, 0.29) is 25.7 Å². The van der Waals surface area contributed by atoms with Crippen molar-refractivity contribution < 1.29 is 33.8 Å². The van der Waals surface area contributed by atoms with E-state index in [1.807, 2.05) is 0 Å². The molecule has 0 atom stereocenters. The summed E-state index contributed by atoms with van der Waals surface area (Å²) in [5.74, 6) is 4.43. The zero-order valence-electron chi connectivity index (χ0n) is 11.9. The zero-order chi connectivity index (χ0) is 16.7. The molecule has 0 aliphatic rings. The van der Waals surface area contributed by atoms with Crippen LogP contribution in [-0.2, 0) is 20.1 Å². The molecule has 1 N–H and O–H groups in total. The molecule has 9 heteroatoms. The SMILES string of the molecule is [C-]#[N+]c1c(F)c[c-]c(-c2ccccn2)c1F.[Ir].[NH-]On1cccn1. The normalized spacial score (nSPS) is 9.08. The smallest absolute Gasteiger partial charge is 0.176 e. The van der Waals surface area contributed by atoms with Crippen LogP contribution in [0.3, 0.4) is 0 Å². The van der Waals surface area contributed by atoms with Crippen molar-refractivity contribution in [1.29, 1.82) is 0 Å². The van der Waals surface area contributed by atoms with Gasteiger partial charge < -0.3 is 15.8 Å². The first kappa shape index (κ1) is 19.4. The second-order valence-electron chi connectivity index (χ2n) is 4.00. The van der Waals surface area contributed by atoms with Gasteiger partial charge >= 0.3 is 0 Å². The molecule has 24 heavy (non-hydrogen) atoms. The Bertz CT molecular complexity index is 807. The molecule has 0 fully saturated rings. The molecule has 0 saturated carbocycles. The van der Waals surface area contributed by atoms with E-state index in [2.05, 4.69) is 25.9 Å². The fraction of sp³-hybridized carbons (Fsp3) is 0. The molecule has 0 bridgehead atoms. The summed E-state index contributed by atoms with van der Waals surface area (Å²) in [6.45, 7) is 6.70. The van der Waals surface area contributed by atoms with E-state index in [1.54, 1.807) is 24.3 Å². The maximum Gasteiger partial charge on any atom is 0.176 e. The third-order valence-corrected chi connectivity index (χ3v) is 2.60. The van der Waals surface area contributed by atoms with Crippen LogP contribution in [0.25, 0.3) is 22.0 Å². The maximum atomic E-state index is 13.7. The Hall–Kier alpha value is -2.66. The Morgan fingerprint density at radius 1 is 1.25 bits per heavy atom. The standard InChI is InChI=1S/C12H5F2N2.C3H4N3O.Ir/c1-15-12-9(13)6-5-8(11(12)14)10-4-2-3-7-16-10;4-7-6-3-1-2-5-6;/h2-4,6-7H;1-4H;/q2*-1;. The number of aromatic nitrogens is 3. The average Bonchev–Trinajstić information content (AvgIpc) is 3.10. The number of rotatable bonds is 2. The number of pyridine rings is 1. The number of hydrogen-bond acceptors (Lipinski definition) is 3. The van der Waals surface area contributed by atoms with Crippen LogP contribution in [0.1, 0.15) is 0 Å². The van der Waals surface area contributed by atoms with Gasteiger partial charge in [-0.1, -0.05) is 12.1 Å². The molecule has 0 aliphatic heterocycles. The Kier molecular flexibility index (Phi) is 7.65. The molecular formula is C15H9F2IrN5O-2. The topological polar surface area (TPSA) is 68.1 Å². The molecule has 1 radical (unpaired) electrons. The first-order valence-electron chi connectivity index (χ1n) is 6.19. The van der Waals surface area contributed by atoms with Crippen LogP contribution in [0.2, 0.25) is 0 Å². The first-order chi connectivity index (χ1) is 11.2. The second-order valence-corrected chi connectivity index (χ2v) is 4.00. The molecule has 0 unspecified atom stereocenters. The van der Waals surface area contributed by atoms with Crippen LogP contribution in [0.5, 0.6) is 0 Å². The van der Waals surface area contributed by atoms with Crippen molar-refractivity contribution in [3.63, 3.8) is 0 Å². The van der Waals surface area contributed by atoms with Gasteiger partial charge in [-0.2, -0.15) is 0 Å². The van der Waals surface area contributed by atoms with Crippen molar-refractivity contribution in [1.82, 2.24) is 14.9 Å². The van der Waals surface area contributed by atoms with Gasteiger partial charge in [0.05, 0.1) is 19.0 Å². The summed E-state index contributed by atoms with van der Waals surface area (Å²) in [7, 11) is 0. The Balaban J connectivity index is 0.000000304. The molecule has 3 rings (SSSR count). The second kappa shape index (κ2) is 9.47. The number of hydrogen-bond donors (Lipinski definition) is 0. The molecule has 0 aliphatic carbocycles. The van der Waals surface area contributed by atoms with E-state index < -0.39 is 17.3 Å². The summed E-state index contributed by atoms with van der Waals surface area (Å²) < 4.78 is 26.7. The number of halogens is 2. The first-order valence-corrected chi connectivity index (χ1v) is 6.19. The van der Waals surface area contributed by atoms with Gasteiger partial charge in [0.1, 0.15) is 0 Å². The van der Waals surface area contributed by atoms with E-state index in [0.717, 1.165) is 10.9 Å². The molecule has 2 aromatic heterocycles. The largest absolute Gasteiger partial charge is 0.490 e. The fourth-order valence-electron chi connectivity index (χ4n) is 1.60. The minimum atomic E-state index is -0.922. The zero-order valence-corrected chi connectivity index (χ0v) is 14.3. The summed E-state index contributed by atoms with van der Waals surface area (Å²) in [4.78, 5) is 11.7.